The lowest BCUT2D eigenvalue weighted by molar-refractivity contribution is 0.622. The van der Waals surface area contributed by atoms with E-state index in [4.69, 9.17) is 0 Å². The SMILES string of the molecule is Fc1cnc2c(cnn2Cc2cncnc2)c1. The van der Waals surface area contributed by atoms with Crippen molar-refractivity contribution in [3.05, 3.63) is 48.6 Å². The van der Waals surface area contributed by atoms with Gasteiger partial charge < -0.3 is 0 Å². The van der Waals surface area contributed by atoms with Crippen LogP contribution in [-0.2, 0) is 6.54 Å². The zero-order chi connectivity index (χ0) is 11.7. The van der Waals surface area contributed by atoms with Crippen LogP contribution in [0.3, 0.4) is 0 Å². The number of hydrogen-bond donors (Lipinski definition) is 0. The second kappa shape index (κ2) is 3.89. The highest BCUT2D eigenvalue weighted by Gasteiger charge is 2.05. The maximum absolute atomic E-state index is 13.0. The Morgan fingerprint density at radius 2 is 1.94 bits per heavy atom. The summed E-state index contributed by atoms with van der Waals surface area (Å²) >= 11 is 0. The minimum absolute atomic E-state index is 0.361. The highest BCUT2D eigenvalue weighted by molar-refractivity contribution is 5.74. The van der Waals surface area contributed by atoms with E-state index in [2.05, 4.69) is 20.1 Å². The van der Waals surface area contributed by atoms with Crippen LogP contribution in [0.4, 0.5) is 4.39 Å². The van der Waals surface area contributed by atoms with Gasteiger partial charge in [-0.25, -0.2) is 24.0 Å². The van der Waals surface area contributed by atoms with Crippen LogP contribution in [0.25, 0.3) is 11.0 Å². The summed E-state index contributed by atoms with van der Waals surface area (Å²) in [6.45, 7) is 0.517. The Morgan fingerprint density at radius 3 is 2.76 bits per heavy atom. The van der Waals surface area contributed by atoms with Crippen molar-refractivity contribution >= 4 is 11.0 Å². The number of rotatable bonds is 2. The number of aromatic nitrogens is 5. The second-order valence-corrected chi connectivity index (χ2v) is 3.62. The van der Waals surface area contributed by atoms with E-state index in [0.717, 1.165) is 5.56 Å². The Balaban J connectivity index is 2.01. The van der Waals surface area contributed by atoms with Crippen LogP contribution in [0.1, 0.15) is 5.56 Å². The van der Waals surface area contributed by atoms with Gasteiger partial charge in [-0.05, 0) is 6.07 Å². The van der Waals surface area contributed by atoms with E-state index in [0.29, 0.717) is 17.6 Å². The van der Waals surface area contributed by atoms with E-state index in [-0.39, 0.29) is 5.82 Å². The quantitative estimate of drug-likeness (QED) is 0.666. The molecule has 0 saturated heterocycles. The average molecular weight is 229 g/mol. The minimum atomic E-state index is -0.361. The molecule has 0 saturated carbocycles. The van der Waals surface area contributed by atoms with Crippen molar-refractivity contribution in [2.24, 2.45) is 0 Å². The minimum Gasteiger partial charge on any atom is -0.244 e. The zero-order valence-electron chi connectivity index (χ0n) is 8.79. The first-order chi connectivity index (χ1) is 8.33. The number of hydrogen-bond acceptors (Lipinski definition) is 4. The van der Waals surface area contributed by atoms with E-state index in [1.165, 1.54) is 18.6 Å². The molecule has 0 bridgehead atoms. The average Bonchev–Trinajstić information content (AvgIpc) is 2.73. The Bertz CT molecular complexity index is 649. The lowest BCUT2D eigenvalue weighted by Gasteiger charge is -2.01. The molecule has 0 unspecified atom stereocenters. The molecule has 0 aliphatic rings. The summed E-state index contributed by atoms with van der Waals surface area (Å²) in [4.78, 5) is 11.9. The van der Waals surface area contributed by atoms with E-state index in [1.807, 2.05) is 0 Å². The third-order valence-corrected chi connectivity index (χ3v) is 2.39. The van der Waals surface area contributed by atoms with Crippen molar-refractivity contribution in [2.75, 3.05) is 0 Å². The Hall–Kier alpha value is -2.37. The van der Waals surface area contributed by atoms with Crippen molar-refractivity contribution in [2.45, 2.75) is 6.54 Å². The molecule has 5 nitrogen and oxygen atoms in total. The molecule has 0 fully saturated rings. The van der Waals surface area contributed by atoms with Gasteiger partial charge in [-0.3, -0.25) is 0 Å². The van der Waals surface area contributed by atoms with Crippen molar-refractivity contribution in [1.29, 1.82) is 0 Å². The summed E-state index contributed by atoms with van der Waals surface area (Å²) < 4.78 is 14.6. The first kappa shape index (κ1) is 9.83. The lowest BCUT2D eigenvalue weighted by Crippen LogP contribution is -2.03. The lowest BCUT2D eigenvalue weighted by atomic mass is 10.3. The Morgan fingerprint density at radius 1 is 1.12 bits per heavy atom. The van der Waals surface area contributed by atoms with Gasteiger partial charge in [0.1, 0.15) is 12.1 Å². The molecule has 3 heterocycles. The topological polar surface area (TPSA) is 56.5 Å². The van der Waals surface area contributed by atoms with E-state index < -0.39 is 0 Å². The van der Waals surface area contributed by atoms with E-state index >= 15 is 0 Å². The molecule has 0 amide bonds. The molecule has 0 aromatic carbocycles. The van der Waals surface area contributed by atoms with Gasteiger partial charge >= 0.3 is 0 Å². The molecule has 0 spiro atoms. The largest absolute Gasteiger partial charge is 0.244 e. The summed E-state index contributed by atoms with van der Waals surface area (Å²) in [5.41, 5.74) is 1.57. The van der Waals surface area contributed by atoms with Crippen LogP contribution in [-0.4, -0.2) is 24.7 Å². The Labute approximate surface area is 96.0 Å². The highest BCUT2D eigenvalue weighted by Crippen LogP contribution is 2.13. The van der Waals surface area contributed by atoms with Gasteiger partial charge in [-0.2, -0.15) is 5.10 Å². The monoisotopic (exact) mass is 229 g/mol. The van der Waals surface area contributed by atoms with Crippen molar-refractivity contribution in [3.63, 3.8) is 0 Å². The molecule has 0 aliphatic heterocycles. The summed E-state index contributed by atoms with van der Waals surface area (Å²) in [6.07, 6.45) is 7.67. The van der Waals surface area contributed by atoms with Crippen molar-refractivity contribution in [1.82, 2.24) is 24.7 Å². The molecule has 3 aromatic heterocycles. The van der Waals surface area contributed by atoms with Crippen molar-refractivity contribution < 1.29 is 4.39 Å². The molecule has 3 rings (SSSR count). The van der Waals surface area contributed by atoms with E-state index in [1.54, 1.807) is 23.3 Å². The predicted octanol–water partition coefficient (Wildman–Crippen LogP) is 1.41. The maximum atomic E-state index is 13.0. The molecule has 0 atom stereocenters. The zero-order valence-corrected chi connectivity index (χ0v) is 8.79. The fraction of sp³-hybridized carbons (Fsp3) is 0.0909. The van der Waals surface area contributed by atoms with Gasteiger partial charge in [0.2, 0.25) is 0 Å². The third kappa shape index (κ3) is 1.84. The van der Waals surface area contributed by atoms with Gasteiger partial charge in [0, 0.05) is 23.3 Å². The molecule has 0 N–H and O–H groups in total. The second-order valence-electron chi connectivity index (χ2n) is 3.62. The van der Waals surface area contributed by atoms with Crippen molar-refractivity contribution in [3.8, 4) is 0 Å². The molecule has 17 heavy (non-hydrogen) atoms. The highest BCUT2D eigenvalue weighted by atomic mass is 19.1. The fourth-order valence-electron chi connectivity index (χ4n) is 1.65. The summed E-state index contributed by atoms with van der Waals surface area (Å²) in [5, 5.41) is 4.85. The van der Waals surface area contributed by atoms with Crippen LogP contribution >= 0.6 is 0 Å². The molecule has 84 valence electrons. The summed E-state index contributed by atoms with van der Waals surface area (Å²) in [5.74, 6) is -0.361. The number of pyridine rings is 1. The van der Waals surface area contributed by atoms with Gasteiger partial charge in [0.05, 0.1) is 18.9 Å². The molecular weight excluding hydrogens is 221 g/mol. The van der Waals surface area contributed by atoms with Gasteiger partial charge in [0.25, 0.3) is 0 Å². The number of nitrogens with zero attached hydrogens (tertiary/aromatic N) is 5. The molecule has 0 radical (unpaired) electrons. The van der Waals surface area contributed by atoms with Crippen LogP contribution in [0.5, 0.6) is 0 Å². The predicted molar refractivity (Wildman–Crippen MR) is 58.6 cm³/mol. The van der Waals surface area contributed by atoms with Gasteiger partial charge in [-0.1, -0.05) is 0 Å². The van der Waals surface area contributed by atoms with E-state index in [9.17, 15) is 4.39 Å². The molecule has 3 aromatic rings. The van der Waals surface area contributed by atoms with Crippen LogP contribution in [0.2, 0.25) is 0 Å². The normalized spacial score (nSPS) is 10.9. The maximum Gasteiger partial charge on any atom is 0.158 e. The van der Waals surface area contributed by atoms with Crippen LogP contribution in [0.15, 0.2) is 37.2 Å². The van der Waals surface area contributed by atoms with Gasteiger partial charge in [-0.15, -0.1) is 0 Å². The third-order valence-electron chi connectivity index (χ3n) is 2.39. The van der Waals surface area contributed by atoms with Crippen LogP contribution < -0.4 is 0 Å². The first-order valence-electron chi connectivity index (χ1n) is 5.04. The van der Waals surface area contributed by atoms with Crippen LogP contribution in [0, 0.1) is 5.82 Å². The molecule has 0 aliphatic carbocycles. The van der Waals surface area contributed by atoms with Gasteiger partial charge in [0.15, 0.2) is 5.65 Å². The Kier molecular flexibility index (Phi) is 2.25. The molecular formula is C11H8FN5. The first-order valence-corrected chi connectivity index (χ1v) is 5.04. The standard InChI is InChI=1S/C11H8FN5/c12-10-1-9-4-16-17(11(9)15-5-10)6-8-2-13-7-14-3-8/h1-5,7H,6H2. The number of halogens is 1. The summed E-state index contributed by atoms with van der Waals surface area (Å²) in [6, 6.07) is 1.41. The molecule has 6 heteroatoms. The smallest absolute Gasteiger partial charge is 0.158 e. The fourth-order valence-corrected chi connectivity index (χ4v) is 1.65. The number of fused-ring (bicyclic) bond motifs is 1. The summed E-state index contributed by atoms with van der Waals surface area (Å²) in [7, 11) is 0.